The summed E-state index contributed by atoms with van der Waals surface area (Å²) in [4.78, 5) is 12.2. The summed E-state index contributed by atoms with van der Waals surface area (Å²) in [6, 6.07) is 3.07. The van der Waals surface area contributed by atoms with Gasteiger partial charge < -0.3 is 15.8 Å². The molecule has 0 aliphatic rings. The maximum absolute atomic E-state index is 12.2. The van der Waals surface area contributed by atoms with Gasteiger partial charge in [-0.1, -0.05) is 11.6 Å². The van der Waals surface area contributed by atoms with Gasteiger partial charge in [-0.3, -0.25) is 9.48 Å². The van der Waals surface area contributed by atoms with Crippen molar-refractivity contribution in [1.82, 2.24) is 15.1 Å². The molecule has 0 saturated heterocycles. The number of ether oxygens (including phenoxy) is 1. The molecule has 0 aliphatic carbocycles. The van der Waals surface area contributed by atoms with Crippen molar-refractivity contribution in [1.29, 1.82) is 0 Å². The normalized spacial score (nSPS) is 10.0. The van der Waals surface area contributed by atoms with Crippen LogP contribution in [0.5, 0.6) is 5.75 Å². The first-order valence-corrected chi connectivity index (χ1v) is 7.27. The molecule has 1 aromatic heterocycles. The molecule has 6 nitrogen and oxygen atoms in total. The molecule has 1 aromatic carbocycles. The van der Waals surface area contributed by atoms with Gasteiger partial charge in [0.15, 0.2) is 0 Å². The molecule has 126 valence electrons. The van der Waals surface area contributed by atoms with Gasteiger partial charge in [0.25, 0.3) is 5.91 Å². The van der Waals surface area contributed by atoms with E-state index >= 15 is 0 Å². The fourth-order valence-electron chi connectivity index (χ4n) is 2.11. The molecule has 0 saturated carbocycles. The predicted molar refractivity (Wildman–Crippen MR) is 93.5 cm³/mol. The van der Waals surface area contributed by atoms with Gasteiger partial charge in [-0.2, -0.15) is 5.10 Å². The van der Waals surface area contributed by atoms with Gasteiger partial charge in [0.2, 0.25) is 0 Å². The molecule has 1 amide bonds. The fourth-order valence-corrected chi connectivity index (χ4v) is 2.27. The lowest BCUT2D eigenvalue weighted by atomic mass is 10.1. The zero-order valence-electron chi connectivity index (χ0n) is 13.0. The number of hydrogen-bond donors (Lipinski definition) is 2. The first kappa shape index (κ1) is 19.1. The Bertz CT molecular complexity index is 673. The number of nitrogen functional groups attached to an aromatic ring is 1. The molecule has 1 heterocycles. The number of benzene rings is 1. The van der Waals surface area contributed by atoms with E-state index in [1.165, 1.54) is 13.2 Å². The molecule has 0 aliphatic heterocycles. The van der Waals surface area contributed by atoms with Gasteiger partial charge in [0.05, 0.1) is 29.6 Å². The average molecular weight is 359 g/mol. The Labute approximate surface area is 146 Å². The summed E-state index contributed by atoms with van der Waals surface area (Å²) in [6.07, 6.45) is 5.46. The molecular formula is C15H20Cl2N4O2. The molecule has 23 heavy (non-hydrogen) atoms. The smallest absolute Gasteiger partial charge is 0.255 e. The molecular weight excluding hydrogens is 339 g/mol. The first-order valence-electron chi connectivity index (χ1n) is 6.90. The highest BCUT2D eigenvalue weighted by atomic mass is 35.5. The topological polar surface area (TPSA) is 82.2 Å². The third-order valence-corrected chi connectivity index (χ3v) is 3.58. The highest BCUT2D eigenvalue weighted by Gasteiger charge is 2.14. The Balaban J connectivity index is 0.00000264. The monoisotopic (exact) mass is 358 g/mol. The van der Waals surface area contributed by atoms with Crippen LogP contribution in [0.2, 0.25) is 5.02 Å². The molecule has 8 heteroatoms. The summed E-state index contributed by atoms with van der Waals surface area (Å²) in [7, 11) is 3.37. The zero-order chi connectivity index (χ0) is 16.1. The van der Waals surface area contributed by atoms with E-state index < -0.39 is 0 Å². The largest absolute Gasteiger partial charge is 0.496 e. The summed E-state index contributed by atoms with van der Waals surface area (Å²) in [5.41, 5.74) is 7.60. The van der Waals surface area contributed by atoms with Crippen molar-refractivity contribution in [3.05, 3.63) is 40.7 Å². The molecule has 0 radical (unpaired) electrons. The van der Waals surface area contributed by atoms with Crippen LogP contribution in [0, 0.1) is 0 Å². The van der Waals surface area contributed by atoms with Crippen LogP contribution in [0.3, 0.4) is 0 Å². The Hall–Kier alpha value is -1.92. The minimum absolute atomic E-state index is 0. The van der Waals surface area contributed by atoms with Gasteiger partial charge in [-0.15, -0.1) is 12.4 Å². The lowest BCUT2D eigenvalue weighted by molar-refractivity contribution is 0.0950. The maximum atomic E-state index is 12.2. The number of carbonyl (C=O) groups is 1. The number of anilines is 1. The van der Waals surface area contributed by atoms with Crippen LogP contribution in [0.25, 0.3) is 0 Å². The van der Waals surface area contributed by atoms with E-state index in [4.69, 9.17) is 22.1 Å². The number of halogens is 2. The first-order chi connectivity index (χ1) is 10.5. The summed E-state index contributed by atoms with van der Waals surface area (Å²) in [5, 5.41) is 7.29. The van der Waals surface area contributed by atoms with E-state index in [0.717, 1.165) is 18.4 Å². The minimum Gasteiger partial charge on any atom is -0.496 e. The van der Waals surface area contributed by atoms with Crippen molar-refractivity contribution in [2.75, 3.05) is 19.4 Å². The Morgan fingerprint density at radius 1 is 1.48 bits per heavy atom. The lowest BCUT2D eigenvalue weighted by Gasteiger charge is -2.11. The summed E-state index contributed by atoms with van der Waals surface area (Å²) in [5.74, 6) is 0.177. The van der Waals surface area contributed by atoms with Crippen molar-refractivity contribution in [2.24, 2.45) is 7.05 Å². The second kappa shape index (κ2) is 8.64. The second-order valence-electron chi connectivity index (χ2n) is 4.96. The maximum Gasteiger partial charge on any atom is 0.255 e. The van der Waals surface area contributed by atoms with Crippen LogP contribution in [0.1, 0.15) is 22.3 Å². The van der Waals surface area contributed by atoms with Crippen LogP contribution < -0.4 is 15.8 Å². The van der Waals surface area contributed by atoms with Crippen LogP contribution in [-0.4, -0.2) is 29.3 Å². The highest BCUT2D eigenvalue weighted by Crippen LogP contribution is 2.28. The van der Waals surface area contributed by atoms with E-state index in [1.54, 1.807) is 10.7 Å². The number of nitrogens with one attached hydrogen (secondary N) is 1. The molecule has 0 atom stereocenters. The SMILES string of the molecule is COc1cc(N)c(Cl)cc1C(=O)NCCCc1cnn(C)c1.Cl. The number of nitrogens with two attached hydrogens (primary N) is 1. The van der Waals surface area contributed by atoms with Crippen LogP contribution >= 0.6 is 24.0 Å². The van der Waals surface area contributed by atoms with E-state index in [0.29, 0.717) is 28.6 Å². The highest BCUT2D eigenvalue weighted by molar-refractivity contribution is 6.33. The number of aromatic nitrogens is 2. The van der Waals surface area contributed by atoms with E-state index in [2.05, 4.69) is 10.4 Å². The third kappa shape index (κ3) is 5.04. The summed E-state index contributed by atoms with van der Waals surface area (Å²) < 4.78 is 6.93. The van der Waals surface area contributed by atoms with Gasteiger partial charge in [0, 0.05) is 25.9 Å². The van der Waals surface area contributed by atoms with Crippen LogP contribution in [-0.2, 0) is 13.5 Å². The summed E-state index contributed by atoms with van der Waals surface area (Å²) in [6.45, 7) is 0.554. The van der Waals surface area contributed by atoms with Crippen LogP contribution in [0.15, 0.2) is 24.5 Å². The Kier molecular flexibility index (Phi) is 7.19. The van der Waals surface area contributed by atoms with Crippen molar-refractivity contribution >= 4 is 35.6 Å². The van der Waals surface area contributed by atoms with Crippen LogP contribution in [0.4, 0.5) is 5.69 Å². The number of rotatable bonds is 6. The van der Waals surface area contributed by atoms with Gasteiger partial charge in [-0.05, 0) is 24.5 Å². The van der Waals surface area contributed by atoms with Crippen molar-refractivity contribution in [2.45, 2.75) is 12.8 Å². The molecule has 2 aromatic rings. The lowest BCUT2D eigenvalue weighted by Crippen LogP contribution is -2.25. The predicted octanol–water partition coefficient (Wildman–Crippen LogP) is 2.45. The van der Waals surface area contributed by atoms with Crippen molar-refractivity contribution < 1.29 is 9.53 Å². The minimum atomic E-state index is -0.232. The molecule has 0 bridgehead atoms. The van der Waals surface area contributed by atoms with Gasteiger partial charge >= 0.3 is 0 Å². The number of carbonyl (C=O) groups excluding carboxylic acids is 1. The van der Waals surface area contributed by atoms with Gasteiger partial charge in [0.1, 0.15) is 5.75 Å². The summed E-state index contributed by atoms with van der Waals surface area (Å²) >= 11 is 5.96. The molecule has 0 spiro atoms. The Morgan fingerprint density at radius 3 is 2.83 bits per heavy atom. The Morgan fingerprint density at radius 2 is 2.22 bits per heavy atom. The average Bonchev–Trinajstić information content (AvgIpc) is 2.91. The number of aryl methyl sites for hydroxylation is 2. The molecule has 3 N–H and O–H groups in total. The van der Waals surface area contributed by atoms with Crippen molar-refractivity contribution in [3.63, 3.8) is 0 Å². The van der Waals surface area contributed by atoms with Crippen molar-refractivity contribution in [3.8, 4) is 5.75 Å². The zero-order valence-corrected chi connectivity index (χ0v) is 14.6. The number of amides is 1. The molecule has 0 unspecified atom stereocenters. The third-order valence-electron chi connectivity index (χ3n) is 3.25. The fraction of sp³-hybridized carbons (Fsp3) is 0.333. The van der Waals surface area contributed by atoms with E-state index in [9.17, 15) is 4.79 Å². The second-order valence-corrected chi connectivity index (χ2v) is 5.36. The number of hydrogen-bond acceptors (Lipinski definition) is 4. The van der Waals surface area contributed by atoms with E-state index in [1.807, 2.05) is 19.4 Å². The quantitative estimate of drug-likeness (QED) is 0.613. The van der Waals surface area contributed by atoms with Gasteiger partial charge in [-0.25, -0.2) is 0 Å². The molecule has 0 fully saturated rings. The standard InChI is InChI=1S/C15H19ClN4O2.ClH/c1-20-9-10(8-19-20)4-3-5-18-15(21)11-6-12(16)13(17)7-14(11)22-2;/h6-9H,3-5,17H2,1-2H3,(H,18,21);1H. The number of methoxy groups -OCH3 is 1. The van der Waals surface area contributed by atoms with E-state index in [-0.39, 0.29) is 18.3 Å². The molecule has 2 rings (SSSR count). The number of nitrogens with zero attached hydrogens (tertiary/aromatic N) is 2.